The van der Waals surface area contributed by atoms with Gasteiger partial charge in [-0.15, -0.1) is 0 Å². The molecule has 0 unspecified atom stereocenters. The zero-order valence-electron chi connectivity index (χ0n) is 27.9. The van der Waals surface area contributed by atoms with E-state index in [0.29, 0.717) is 28.0 Å². The van der Waals surface area contributed by atoms with Crippen LogP contribution in [0, 0.1) is 5.82 Å². The molecule has 0 aliphatic carbocycles. The van der Waals surface area contributed by atoms with Crippen LogP contribution in [0.5, 0.6) is 5.75 Å². The molecule has 0 saturated carbocycles. The third-order valence-corrected chi connectivity index (χ3v) is 8.48. The van der Waals surface area contributed by atoms with E-state index in [0.717, 1.165) is 23.3 Å². The Hall–Kier alpha value is -5.10. The molecule has 2 N–H and O–H groups in total. The minimum Gasteiger partial charge on any atom is -0.489 e. The molecule has 0 spiro atoms. The smallest absolute Gasteiger partial charge is 0.416 e. The Morgan fingerprint density at radius 2 is 1.55 bits per heavy atom. The molecule has 268 valence electrons. The molecule has 8 nitrogen and oxygen atoms in total. The van der Waals surface area contributed by atoms with E-state index in [1.165, 1.54) is 29.2 Å². The van der Waals surface area contributed by atoms with Crippen molar-refractivity contribution in [2.45, 2.75) is 70.6 Å². The van der Waals surface area contributed by atoms with Gasteiger partial charge >= 0.3 is 18.2 Å². The number of benzene rings is 4. The molecule has 0 fully saturated rings. The molecule has 0 bridgehead atoms. The highest BCUT2D eigenvalue weighted by molar-refractivity contribution is 6.31. The van der Waals surface area contributed by atoms with E-state index in [2.05, 4.69) is 5.32 Å². The minimum absolute atomic E-state index is 0.00235. The van der Waals surface area contributed by atoms with Gasteiger partial charge in [-0.25, -0.2) is 14.0 Å². The highest BCUT2D eigenvalue weighted by atomic mass is 35.5. The van der Waals surface area contributed by atoms with Crippen molar-refractivity contribution in [3.63, 3.8) is 0 Å². The van der Waals surface area contributed by atoms with Crippen molar-refractivity contribution in [2.75, 3.05) is 0 Å². The number of nitrogens with zero attached hydrogens (tertiary/aromatic N) is 1. The summed E-state index contributed by atoms with van der Waals surface area (Å²) < 4.78 is 63.8. The monoisotopic (exact) mass is 726 g/mol. The molecule has 0 aromatic heterocycles. The lowest BCUT2D eigenvalue weighted by Crippen LogP contribution is -2.56. The fourth-order valence-electron chi connectivity index (χ4n) is 5.57. The van der Waals surface area contributed by atoms with E-state index in [1.807, 2.05) is 0 Å². The first-order chi connectivity index (χ1) is 24.0. The van der Waals surface area contributed by atoms with Crippen molar-refractivity contribution in [3.8, 4) is 16.9 Å². The summed E-state index contributed by atoms with van der Waals surface area (Å²) in [5.41, 5.74) is 2.27. The number of hydrogen-bond donors (Lipinski definition) is 2. The topological polar surface area (TPSA) is 105 Å². The minimum atomic E-state index is -4.45. The largest absolute Gasteiger partial charge is 0.489 e. The number of aliphatic carboxylic acids is 1. The van der Waals surface area contributed by atoms with Crippen molar-refractivity contribution in [3.05, 3.63) is 124 Å². The molecule has 51 heavy (non-hydrogen) atoms. The number of carboxylic acids is 1. The molecule has 2 atom stereocenters. The number of carbonyl (C=O) groups is 3. The summed E-state index contributed by atoms with van der Waals surface area (Å²) in [4.78, 5) is 40.7. The Labute approximate surface area is 296 Å². The first kappa shape index (κ1) is 37.2. The average Bonchev–Trinajstić information content (AvgIpc) is 3.07. The Morgan fingerprint density at radius 1 is 0.902 bits per heavy atom. The predicted molar refractivity (Wildman–Crippen MR) is 182 cm³/mol. The number of carbonyl (C=O) groups excluding carboxylic acids is 2. The highest BCUT2D eigenvalue weighted by Crippen LogP contribution is 2.31. The predicted octanol–water partition coefficient (Wildman–Crippen LogP) is 8.22. The number of amides is 2. The van der Waals surface area contributed by atoms with Gasteiger partial charge in [-0.3, -0.25) is 9.69 Å². The summed E-state index contributed by atoms with van der Waals surface area (Å²) in [7, 11) is 0. The number of fused-ring (bicyclic) bond motifs is 1. The molecule has 0 saturated heterocycles. The van der Waals surface area contributed by atoms with Crippen LogP contribution in [0.15, 0.2) is 84.9 Å². The number of nitrogens with one attached hydrogen (secondary N) is 1. The molecule has 2 amide bonds. The lowest BCUT2D eigenvalue weighted by molar-refractivity contribution is -0.142. The van der Waals surface area contributed by atoms with Gasteiger partial charge in [0.2, 0.25) is 5.91 Å². The third-order valence-electron chi connectivity index (χ3n) is 8.19. The van der Waals surface area contributed by atoms with E-state index in [9.17, 15) is 37.1 Å². The molecule has 1 heterocycles. The molecule has 4 aromatic rings. The summed E-state index contributed by atoms with van der Waals surface area (Å²) in [6.07, 6.45) is -5.22. The number of rotatable bonds is 9. The van der Waals surface area contributed by atoms with Crippen molar-refractivity contribution in [2.24, 2.45) is 0 Å². The number of ether oxygens (including phenoxy) is 2. The SMILES string of the molecule is CC(C)(C)OC(=O)N1Cc2cc(OCc3ccc(C(F)(F)F)cc3)ccc2C[C@H]1C(=O)N[C@@H](Cc1ccc(-c2ccc(F)c(Cl)c2)cc1)C(=O)O. The molecular weight excluding hydrogens is 692 g/mol. The first-order valence-corrected chi connectivity index (χ1v) is 16.3. The van der Waals surface area contributed by atoms with Gasteiger partial charge in [0, 0.05) is 12.8 Å². The molecule has 1 aliphatic heterocycles. The maximum Gasteiger partial charge on any atom is 0.416 e. The number of alkyl halides is 3. The van der Waals surface area contributed by atoms with Crippen LogP contribution < -0.4 is 10.1 Å². The highest BCUT2D eigenvalue weighted by Gasteiger charge is 2.38. The number of halogens is 5. The summed E-state index contributed by atoms with van der Waals surface area (Å²) in [6.45, 7) is 4.99. The zero-order valence-corrected chi connectivity index (χ0v) is 28.6. The maximum atomic E-state index is 13.7. The van der Waals surface area contributed by atoms with Crippen molar-refractivity contribution >= 4 is 29.6 Å². The summed E-state index contributed by atoms with van der Waals surface area (Å²) >= 11 is 5.91. The molecular formula is C38H35ClF4N2O6. The molecule has 4 aromatic carbocycles. The van der Waals surface area contributed by atoms with E-state index < -0.39 is 53.2 Å². The second-order valence-electron chi connectivity index (χ2n) is 13.2. The fraction of sp³-hybridized carbons (Fsp3) is 0.289. The maximum absolute atomic E-state index is 13.7. The summed E-state index contributed by atoms with van der Waals surface area (Å²) in [5.74, 6) is -2.09. The van der Waals surface area contributed by atoms with Crippen LogP contribution in [0.25, 0.3) is 11.1 Å². The van der Waals surface area contributed by atoms with Gasteiger partial charge in [-0.1, -0.05) is 60.1 Å². The normalized spacial score (nSPS) is 15.1. The van der Waals surface area contributed by atoms with Crippen LogP contribution in [-0.4, -0.2) is 45.7 Å². The standard InChI is InChI=1S/C38H35ClF4N2O6/c1-37(2,3)51-36(49)45-20-27-17-29(50-21-23-6-12-28(13-7-23)38(41,42)43)14-10-26(27)19-33(45)34(46)44-32(35(47)48)16-22-4-8-24(9-5-22)25-11-15-31(40)30(39)18-25/h4-15,17-18,32-33H,16,19-21H2,1-3H3,(H,44,46)(H,47,48)/t32-,33-/m0/s1. The van der Waals surface area contributed by atoms with Crippen molar-refractivity contribution in [1.82, 2.24) is 10.2 Å². The fourth-order valence-corrected chi connectivity index (χ4v) is 5.75. The van der Waals surface area contributed by atoms with E-state index in [4.69, 9.17) is 21.1 Å². The Bertz CT molecular complexity index is 1910. The lowest BCUT2D eigenvalue weighted by Gasteiger charge is -2.37. The van der Waals surface area contributed by atoms with E-state index >= 15 is 0 Å². The quantitative estimate of drug-likeness (QED) is 0.169. The average molecular weight is 727 g/mol. The van der Waals surface area contributed by atoms with E-state index in [-0.39, 0.29) is 31.0 Å². The Balaban J connectivity index is 1.31. The van der Waals surface area contributed by atoms with Crippen LogP contribution in [0.2, 0.25) is 5.02 Å². The number of carboxylic acid groups (broad SMARTS) is 1. The van der Waals surface area contributed by atoms with Gasteiger partial charge in [0.1, 0.15) is 35.9 Å². The van der Waals surface area contributed by atoms with Gasteiger partial charge < -0.3 is 19.9 Å². The van der Waals surface area contributed by atoms with Gasteiger partial charge in [-0.2, -0.15) is 13.2 Å². The van der Waals surface area contributed by atoms with Crippen LogP contribution >= 0.6 is 11.6 Å². The molecule has 0 radical (unpaired) electrons. The van der Waals surface area contributed by atoms with Crippen LogP contribution in [0.3, 0.4) is 0 Å². The van der Waals surface area contributed by atoms with E-state index in [1.54, 1.807) is 69.3 Å². The molecule has 1 aliphatic rings. The van der Waals surface area contributed by atoms with Gasteiger partial charge in [-0.05, 0) is 90.6 Å². The molecule has 13 heteroatoms. The Kier molecular flexibility index (Phi) is 10.9. The third kappa shape index (κ3) is 9.57. The van der Waals surface area contributed by atoms with Crippen LogP contribution in [0.1, 0.15) is 48.6 Å². The van der Waals surface area contributed by atoms with Gasteiger partial charge in [0.25, 0.3) is 0 Å². The second-order valence-corrected chi connectivity index (χ2v) is 13.6. The zero-order chi connectivity index (χ0) is 37.1. The number of hydrogen-bond acceptors (Lipinski definition) is 5. The Morgan fingerprint density at radius 3 is 2.16 bits per heavy atom. The molecule has 5 rings (SSSR count). The van der Waals surface area contributed by atoms with Crippen molar-refractivity contribution < 1.29 is 46.5 Å². The van der Waals surface area contributed by atoms with Crippen LogP contribution in [-0.2, 0) is 46.5 Å². The lowest BCUT2D eigenvalue weighted by atomic mass is 9.93. The second kappa shape index (κ2) is 15.0. The van der Waals surface area contributed by atoms with Crippen molar-refractivity contribution in [1.29, 1.82) is 0 Å². The summed E-state index contributed by atoms with van der Waals surface area (Å²) in [5, 5.41) is 12.6. The van der Waals surface area contributed by atoms with Crippen LogP contribution in [0.4, 0.5) is 22.4 Å². The first-order valence-electron chi connectivity index (χ1n) is 15.9. The van der Waals surface area contributed by atoms with Gasteiger partial charge in [0.05, 0.1) is 17.1 Å². The van der Waals surface area contributed by atoms with Gasteiger partial charge in [0.15, 0.2) is 0 Å². The summed E-state index contributed by atoms with van der Waals surface area (Å²) in [6, 6.07) is 18.5.